The summed E-state index contributed by atoms with van der Waals surface area (Å²) in [6, 6.07) is 0.378. The number of amides is 2. The molecule has 0 aromatic carbocycles. The Kier molecular flexibility index (Phi) is 5.89. The van der Waals surface area contributed by atoms with Gasteiger partial charge in [-0.15, -0.1) is 0 Å². The number of piperidine rings is 2. The second-order valence-electron chi connectivity index (χ2n) is 7.56. The quantitative estimate of drug-likeness (QED) is 0.843. The molecule has 0 unspecified atom stereocenters. The third-order valence-electron chi connectivity index (χ3n) is 4.68. The van der Waals surface area contributed by atoms with Gasteiger partial charge in [0.15, 0.2) is 0 Å². The first kappa shape index (κ1) is 18.0. The van der Waals surface area contributed by atoms with Crippen LogP contribution >= 0.6 is 0 Å². The fourth-order valence-electron chi connectivity index (χ4n) is 3.55. The fourth-order valence-corrected chi connectivity index (χ4v) is 3.55. The first-order valence-electron chi connectivity index (χ1n) is 8.77. The Morgan fingerprint density at radius 1 is 1.04 bits per heavy atom. The maximum atomic E-state index is 12.1. The Morgan fingerprint density at radius 3 is 2.26 bits per heavy atom. The number of carbonyl (C=O) groups is 2. The van der Waals surface area contributed by atoms with Gasteiger partial charge in [-0.25, -0.2) is 4.79 Å². The highest BCUT2D eigenvalue weighted by atomic mass is 16.6. The number of hydrogen-bond acceptors (Lipinski definition) is 4. The highest BCUT2D eigenvalue weighted by Gasteiger charge is 2.36. The van der Waals surface area contributed by atoms with Crippen LogP contribution in [0.3, 0.4) is 0 Å². The Balaban J connectivity index is 1.90. The lowest BCUT2D eigenvalue weighted by Gasteiger charge is -2.43. The van der Waals surface area contributed by atoms with E-state index in [0.29, 0.717) is 19.1 Å². The van der Waals surface area contributed by atoms with Gasteiger partial charge in [0, 0.05) is 26.2 Å². The van der Waals surface area contributed by atoms with Crippen LogP contribution in [0.1, 0.15) is 52.9 Å². The Labute approximate surface area is 139 Å². The van der Waals surface area contributed by atoms with Crippen LogP contribution < -0.4 is 5.32 Å². The van der Waals surface area contributed by atoms with Crippen LogP contribution in [0.25, 0.3) is 0 Å². The van der Waals surface area contributed by atoms with Crippen molar-refractivity contribution < 1.29 is 14.3 Å². The van der Waals surface area contributed by atoms with Gasteiger partial charge in [-0.2, -0.15) is 0 Å². The zero-order chi connectivity index (χ0) is 17.0. The molecular weight excluding hydrogens is 294 g/mol. The third kappa shape index (κ3) is 4.83. The Hall–Kier alpha value is -1.30. The Bertz CT molecular complexity index is 425. The van der Waals surface area contributed by atoms with Gasteiger partial charge in [0.05, 0.1) is 6.04 Å². The van der Waals surface area contributed by atoms with E-state index in [1.807, 2.05) is 20.8 Å². The number of nitrogens with one attached hydrogen (secondary N) is 1. The minimum atomic E-state index is -0.453. The molecule has 2 aliphatic heterocycles. The van der Waals surface area contributed by atoms with E-state index < -0.39 is 5.60 Å². The largest absolute Gasteiger partial charge is 0.444 e. The molecule has 2 amide bonds. The molecule has 1 N–H and O–H groups in total. The van der Waals surface area contributed by atoms with Gasteiger partial charge < -0.3 is 15.0 Å². The average Bonchev–Trinajstić information content (AvgIpc) is 2.52. The number of rotatable bonds is 2. The topological polar surface area (TPSA) is 61.9 Å². The molecule has 2 fully saturated rings. The summed E-state index contributed by atoms with van der Waals surface area (Å²) < 4.78 is 5.44. The maximum absolute atomic E-state index is 12.1. The van der Waals surface area contributed by atoms with Crippen LogP contribution in [0.15, 0.2) is 0 Å². The van der Waals surface area contributed by atoms with Crippen molar-refractivity contribution in [2.75, 3.05) is 26.7 Å². The van der Waals surface area contributed by atoms with Crippen molar-refractivity contribution in [3.8, 4) is 0 Å². The minimum absolute atomic E-state index is 0.00757. The monoisotopic (exact) mass is 325 g/mol. The second kappa shape index (κ2) is 7.51. The van der Waals surface area contributed by atoms with Crippen LogP contribution in [-0.2, 0) is 9.53 Å². The molecule has 2 saturated heterocycles. The summed E-state index contributed by atoms with van der Waals surface area (Å²) in [6.07, 6.45) is 4.80. The van der Waals surface area contributed by atoms with E-state index in [4.69, 9.17) is 4.74 Å². The predicted octanol–water partition coefficient (Wildman–Crippen LogP) is 1.99. The van der Waals surface area contributed by atoms with Gasteiger partial charge in [-0.1, -0.05) is 6.42 Å². The van der Waals surface area contributed by atoms with E-state index in [2.05, 4.69) is 10.2 Å². The molecule has 2 rings (SSSR count). The predicted molar refractivity (Wildman–Crippen MR) is 89.2 cm³/mol. The molecule has 0 aromatic heterocycles. The summed E-state index contributed by atoms with van der Waals surface area (Å²) in [7, 11) is 1.71. The van der Waals surface area contributed by atoms with E-state index in [1.165, 1.54) is 0 Å². The molecule has 0 saturated carbocycles. The molecule has 0 aliphatic carbocycles. The van der Waals surface area contributed by atoms with Crippen molar-refractivity contribution in [1.29, 1.82) is 0 Å². The zero-order valence-corrected chi connectivity index (χ0v) is 14.9. The van der Waals surface area contributed by atoms with Crippen molar-refractivity contribution in [3.05, 3.63) is 0 Å². The summed E-state index contributed by atoms with van der Waals surface area (Å²) in [5.41, 5.74) is -0.453. The second-order valence-corrected chi connectivity index (χ2v) is 7.56. The van der Waals surface area contributed by atoms with Crippen LogP contribution in [0.2, 0.25) is 0 Å². The van der Waals surface area contributed by atoms with Crippen LogP contribution in [0, 0.1) is 0 Å². The lowest BCUT2D eigenvalue weighted by Crippen LogP contribution is -2.56. The van der Waals surface area contributed by atoms with Crippen LogP contribution in [0.4, 0.5) is 4.79 Å². The minimum Gasteiger partial charge on any atom is -0.444 e. The van der Waals surface area contributed by atoms with Gasteiger partial charge in [0.2, 0.25) is 5.91 Å². The summed E-state index contributed by atoms with van der Waals surface area (Å²) >= 11 is 0. The molecule has 0 aromatic rings. The fraction of sp³-hybridized carbons (Fsp3) is 0.882. The number of ether oxygens (including phenoxy) is 1. The van der Waals surface area contributed by atoms with Crippen LogP contribution in [0.5, 0.6) is 0 Å². The maximum Gasteiger partial charge on any atom is 0.410 e. The molecule has 0 bridgehead atoms. The molecule has 6 heteroatoms. The molecule has 23 heavy (non-hydrogen) atoms. The third-order valence-corrected chi connectivity index (χ3v) is 4.68. The van der Waals surface area contributed by atoms with Gasteiger partial charge in [-0.3, -0.25) is 9.69 Å². The normalized spacial score (nSPS) is 24.3. The molecule has 1 atom stereocenters. The van der Waals surface area contributed by atoms with E-state index in [-0.39, 0.29) is 18.0 Å². The van der Waals surface area contributed by atoms with Crippen molar-refractivity contribution >= 4 is 12.0 Å². The first-order valence-corrected chi connectivity index (χ1v) is 8.77. The van der Waals surface area contributed by atoms with Crippen molar-refractivity contribution in [3.63, 3.8) is 0 Å². The molecule has 0 radical (unpaired) electrons. The van der Waals surface area contributed by atoms with Crippen LogP contribution in [-0.4, -0.2) is 66.2 Å². The van der Waals surface area contributed by atoms with Crippen molar-refractivity contribution in [1.82, 2.24) is 15.1 Å². The SMILES string of the molecule is CNC(=O)[C@H]1CCCCN1C1CCN(C(=O)OC(C)(C)C)CC1. The smallest absolute Gasteiger partial charge is 0.410 e. The number of hydrogen-bond donors (Lipinski definition) is 1. The van der Waals surface area contributed by atoms with Crippen molar-refractivity contribution in [2.24, 2.45) is 0 Å². The molecule has 6 nitrogen and oxygen atoms in total. The summed E-state index contributed by atoms with van der Waals surface area (Å²) in [5.74, 6) is 0.124. The lowest BCUT2D eigenvalue weighted by molar-refractivity contribution is -0.128. The number of carbonyl (C=O) groups excluding carboxylic acids is 2. The van der Waals surface area contributed by atoms with E-state index >= 15 is 0 Å². The van der Waals surface area contributed by atoms with E-state index in [1.54, 1.807) is 11.9 Å². The molecule has 2 heterocycles. The van der Waals surface area contributed by atoms with E-state index in [9.17, 15) is 9.59 Å². The van der Waals surface area contributed by atoms with Crippen molar-refractivity contribution in [2.45, 2.75) is 70.6 Å². The summed E-state index contributed by atoms with van der Waals surface area (Å²) in [4.78, 5) is 28.4. The van der Waals surface area contributed by atoms with Gasteiger partial charge >= 0.3 is 6.09 Å². The standard InChI is InChI=1S/C17H31N3O3/c1-17(2,3)23-16(22)19-11-8-13(9-12-19)20-10-6-5-7-14(20)15(21)18-4/h13-14H,5-12H2,1-4H3,(H,18,21)/t14-/m1/s1. The average molecular weight is 325 g/mol. The first-order chi connectivity index (χ1) is 10.8. The van der Waals surface area contributed by atoms with Gasteiger partial charge in [0.25, 0.3) is 0 Å². The highest BCUT2D eigenvalue weighted by molar-refractivity contribution is 5.81. The summed E-state index contributed by atoms with van der Waals surface area (Å²) in [5, 5.41) is 2.79. The summed E-state index contributed by atoms with van der Waals surface area (Å²) in [6.45, 7) is 8.06. The highest BCUT2D eigenvalue weighted by Crippen LogP contribution is 2.26. The number of likely N-dealkylation sites (tertiary alicyclic amines) is 2. The van der Waals surface area contributed by atoms with Gasteiger partial charge in [-0.05, 0) is 53.0 Å². The molecule has 0 spiro atoms. The molecule has 132 valence electrons. The lowest BCUT2D eigenvalue weighted by atomic mass is 9.94. The number of nitrogens with zero attached hydrogens (tertiary/aromatic N) is 2. The zero-order valence-electron chi connectivity index (χ0n) is 14.9. The Morgan fingerprint density at radius 2 is 1.70 bits per heavy atom. The molecular formula is C17H31N3O3. The number of likely N-dealkylation sites (N-methyl/N-ethyl adjacent to an activating group) is 1. The van der Waals surface area contributed by atoms with E-state index in [0.717, 1.165) is 38.6 Å². The van der Waals surface area contributed by atoms with Gasteiger partial charge in [0.1, 0.15) is 5.60 Å². The molecule has 2 aliphatic rings.